The van der Waals surface area contributed by atoms with Crippen LogP contribution < -0.4 is 0 Å². The summed E-state index contributed by atoms with van der Waals surface area (Å²) in [5.41, 5.74) is 0.984. The summed E-state index contributed by atoms with van der Waals surface area (Å²) in [6.45, 7) is 2.14. The van der Waals surface area contributed by atoms with Gasteiger partial charge in [-0.25, -0.2) is 4.39 Å². The number of aliphatic hydroxyl groups is 2. The summed E-state index contributed by atoms with van der Waals surface area (Å²) in [5.74, 6) is -0.204. The lowest BCUT2D eigenvalue weighted by atomic mass is 10.1. The summed E-state index contributed by atoms with van der Waals surface area (Å²) in [6, 6.07) is 6.60. The first-order valence-electron chi connectivity index (χ1n) is 5.95. The van der Waals surface area contributed by atoms with Crippen molar-refractivity contribution >= 4 is 0 Å². The van der Waals surface area contributed by atoms with Crippen LogP contribution in [0.25, 0.3) is 0 Å². The van der Waals surface area contributed by atoms with Crippen molar-refractivity contribution in [3.8, 4) is 0 Å². The van der Waals surface area contributed by atoms with E-state index in [0.717, 1.165) is 24.9 Å². The molecule has 1 aromatic carbocycles. The van der Waals surface area contributed by atoms with Crippen molar-refractivity contribution in [1.82, 2.24) is 4.90 Å². The first-order chi connectivity index (χ1) is 8.26. The van der Waals surface area contributed by atoms with Crippen molar-refractivity contribution in [1.29, 1.82) is 0 Å². The number of hydrogen-bond donors (Lipinski definition) is 2. The molecular weight excluding hydrogens is 221 g/mol. The van der Waals surface area contributed by atoms with E-state index < -0.39 is 0 Å². The summed E-state index contributed by atoms with van der Waals surface area (Å²) in [5, 5.41) is 17.7. The molecule has 3 nitrogen and oxygen atoms in total. The van der Waals surface area contributed by atoms with E-state index in [-0.39, 0.29) is 19.0 Å². The Morgan fingerprint density at radius 3 is 2.35 bits per heavy atom. The van der Waals surface area contributed by atoms with Crippen LogP contribution >= 0.6 is 0 Å². The lowest BCUT2D eigenvalue weighted by Gasteiger charge is -2.19. The molecule has 0 unspecified atom stereocenters. The van der Waals surface area contributed by atoms with Gasteiger partial charge in [0, 0.05) is 13.1 Å². The molecule has 0 atom stereocenters. The van der Waals surface area contributed by atoms with Gasteiger partial charge in [0.15, 0.2) is 0 Å². The molecular formula is C13H20FNO2. The third-order valence-corrected chi connectivity index (χ3v) is 2.66. The van der Waals surface area contributed by atoms with Gasteiger partial charge in [0.2, 0.25) is 0 Å². The SMILES string of the molecule is OCCN(CCO)CCCc1cccc(F)c1. The number of nitrogens with zero attached hydrogens (tertiary/aromatic N) is 1. The van der Waals surface area contributed by atoms with Crippen LogP contribution in [0.5, 0.6) is 0 Å². The Morgan fingerprint density at radius 1 is 1.06 bits per heavy atom. The van der Waals surface area contributed by atoms with Crippen LogP contribution in [-0.2, 0) is 6.42 Å². The number of aliphatic hydroxyl groups excluding tert-OH is 2. The van der Waals surface area contributed by atoms with Crippen molar-refractivity contribution in [2.45, 2.75) is 12.8 Å². The molecule has 0 amide bonds. The highest BCUT2D eigenvalue weighted by molar-refractivity contribution is 5.16. The number of benzene rings is 1. The fraction of sp³-hybridized carbons (Fsp3) is 0.538. The van der Waals surface area contributed by atoms with Gasteiger partial charge >= 0.3 is 0 Å². The molecule has 0 saturated carbocycles. The zero-order chi connectivity index (χ0) is 12.5. The lowest BCUT2D eigenvalue weighted by Crippen LogP contribution is -2.31. The molecule has 0 aromatic heterocycles. The zero-order valence-corrected chi connectivity index (χ0v) is 9.98. The number of hydrogen-bond acceptors (Lipinski definition) is 3. The molecule has 96 valence electrons. The molecule has 0 spiro atoms. The Hall–Kier alpha value is -0.970. The minimum Gasteiger partial charge on any atom is -0.395 e. The Balaban J connectivity index is 2.30. The van der Waals surface area contributed by atoms with Gasteiger partial charge in [-0.05, 0) is 37.1 Å². The quantitative estimate of drug-likeness (QED) is 0.715. The van der Waals surface area contributed by atoms with Crippen LogP contribution in [0.1, 0.15) is 12.0 Å². The van der Waals surface area contributed by atoms with E-state index in [4.69, 9.17) is 10.2 Å². The van der Waals surface area contributed by atoms with Crippen LogP contribution in [0.15, 0.2) is 24.3 Å². The molecule has 0 aliphatic heterocycles. The molecule has 0 heterocycles. The number of halogens is 1. The van der Waals surface area contributed by atoms with Gasteiger partial charge in [-0.3, -0.25) is 4.90 Å². The zero-order valence-electron chi connectivity index (χ0n) is 9.98. The summed E-state index contributed by atoms with van der Waals surface area (Å²) < 4.78 is 12.9. The van der Waals surface area contributed by atoms with Crippen molar-refractivity contribution in [2.24, 2.45) is 0 Å². The van der Waals surface area contributed by atoms with Crippen LogP contribution in [0.3, 0.4) is 0 Å². The smallest absolute Gasteiger partial charge is 0.123 e. The van der Waals surface area contributed by atoms with Gasteiger partial charge in [0.05, 0.1) is 13.2 Å². The third-order valence-electron chi connectivity index (χ3n) is 2.66. The second-order valence-corrected chi connectivity index (χ2v) is 4.02. The first kappa shape index (κ1) is 14.1. The van der Waals surface area contributed by atoms with Crippen molar-refractivity contribution < 1.29 is 14.6 Å². The maximum absolute atomic E-state index is 12.9. The van der Waals surface area contributed by atoms with Crippen LogP contribution in [0.2, 0.25) is 0 Å². The monoisotopic (exact) mass is 241 g/mol. The van der Waals surface area contributed by atoms with Crippen molar-refractivity contribution in [2.75, 3.05) is 32.8 Å². The second kappa shape index (κ2) is 8.17. The van der Waals surface area contributed by atoms with Crippen LogP contribution in [-0.4, -0.2) is 48.0 Å². The molecule has 1 rings (SSSR count). The van der Waals surface area contributed by atoms with E-state index in [1.54, 1.807) is 12.1 Å². The molecule has 0 aliphatic carbocycles. The standard InChI is InChI=1S/C13H20FNO2/c14-13-5-1-3-12(11-13)4-2-6-15(7-9-16)8-10-17/h1,3,5,11,16-17H,2,4,6-10H2. The maximum Gasteiger partial charge on any atom is 0.123 e. The highest BCUT2D eigenvalue weighted by Gasteiger charge is 2.03. The molecule has 0 saturated heterocycles. The fourth-order valence-corrected chi connectivity index (χ4v) is 1.82. The molecule has 2 N–H and O–H groups in total. The van der Waals surface area contributed by atoms with Gasteiger partial charge < -0.3 is 10.2 Å². The number of aryl methyl sites for hydroxylation is 1. The predicted octanol–water partition coefficient (Wildman–Crippen LogP) is 1.04. The molecule has 0 radical (unpaired) electrons. The van der Waals surface area contributed by atoms with E-state index in [0.29, 0.717) is 13.1 Å². The summed E-state index contributed by atoms with van der Waals surface area (Å²) in [6.07, 6.45) is 1.70. The number of rotatable bonds is 8. The molecule has 17 heavy (non-hydrogen) atoms. The largest absolute Gasteiger partial charge is 0.395 e. The van der Waals surface area contributed by atoms with Crippen molar-refractivity contribution in [3.05, 3.63) is 35.6 Å². The lowest BCUT2D eigenvalue weighted by molar-refractivity contribution is 0.160. The minimum atomic E-state index is -0.204. The summed E-state index contributed by atoms with van der Waals surface area (Å²) >= 11 is 0. The van der Waals surface area contributed by atoms with Crippen LogP contribution in [0.4, 0.5) is 4.39 Å². The van der Waals surface area contributed by atoms with E-state index in [2.05, 4.69) is 0 Å². The summed E-state index contributed by atoms with van der Waals surface area (Å²) in [4.78, 5) is 2.00. The Morgan fingerprint density at radius 2 is 1.76 bits per heavy atom. The van der Waals surface area contributed by atoms with Gasteiger partial charge in [-0.15, -0.1) is 0 Å². The second-order valence-electron chi connectivity index (χ2n) is 4.02. The average Bonchev–Trinajstić information content (AvgIpc) is 2.30. The Labute approximate surface area is 101 Å². The normalized spacial score (nSPS) is 11.1. The summed E-state index contributed by atoms with van der Waals surface area (Å²) in [7, 11) is 0. The molecule has 1 aromatic rings. The van der Waals surface area contributed by atoms with Gasteiger partial charge in [-0.2, -0.15) is 0 Å². The molecule has 0 bridgehead atoms. The van der Waals surface area contributed by atoms with Crippen LogP contribution in [0, 0.1) is 5.82 Å². The molecule has 0 aliphatic rings. The average molecular weight is 241 g/mol. The van der Waals surface area contributed by atoms with Crippen molar-refractivity contribution in [3.63, 3.8) is 0 Å². The van der Waals surface area contributed by atoms with E-state index >= 15 is 0 Å². The molecule has 0 fully saturated rings. The minimum absolute atomic E-state index is 0.0972. The fourth-order valence-electron chi connectivity index (χ4n) is 1.82. The molecule has 4 heteroatoms. The van der Waals surface area contributed by atoms with Gasteiger partial charge in [-0.1, -0.05) is 12.1 Å². The van der Waals surface area contributed by atoms with E-state index in [9.17, 15) is 4.39 Å². The van der Waals surface area contributed by atoms with E-state index in [1.165, 1.54) is 6.07 Å². The predicted molar refractivity (Wildman–Crippen MR) is 65.3 cm³/mol. The third kappa shape index (κ3) is 5.77. The van der Waals surface area contributed by atoms with E-state index in [1.807, 2.05) is 11.0 Å². The Kier molecular flexibility index (Phi) is 6.77. The Bertz CT molecular complexity index is 314. The van der Waals surface area contributed by atoms with Gasteiger partial charge in [0.25, 0.3) is 0 Å². The maximum atomic E-state index is 12.9. The van der Waals surface area contributed by atoms with Gasteiger partial charge in [0.1, 0.15) is 5.82 Å². The first-order valence-corrected chi connectivity index (χ1v) is 5.95. The highest BCUT2D eigenvalue weighted by Crippen LogP contribution is 2.06. The topological polar surface area (TPSA) is 43.7 Å². The highest BCUT2D eigenvalue weighted by atomic mass is 19.1.